The maximum Gasteiger partial charge on any atom is 0.191 e. The summed E-state index contributed by atoms with van der Waals surface area (Å²) in [7, 11) is 1.91. The van der Waals surface area contributed by atoms with Crippen LogP contribution in [0.2, 0.25) is 0 Å². The van der Waals surface area contributed by atoms with E-state index >= 15 is 0 Å². The fraction of sp³-hybridized carbons (Fsp3) is 0.158. The second-order valence-electron chi connectivity index (χ2n) is 6.06. The minimum atomic E-state index is -0.328. The Balaban J connectivity index is 1.50. The Hall–Kier alpha value is -3.00. The van der Waals surface area contributed by atoms with Gasteiger partial charge in [-0.25, -0.2) is 4.39 Å². The van der Waals surface area contributed by atoms with Crippen LogP contribution in [-0.2, 0) is 12.8 Å². The SMILES string of the molecule is Cc1ccc(F)c(-c2cc(CSc3nnc(-c4ccncc4)n3C)no2)c1. The van der Waals surface area contributed by atoms with Crippen molar-refractivity contribution in [3.05, 3.63) is 65.9 Å². The zero-order valence-corrected chi connectivity index (χ0v) is 15.6. The monoisotopic (exact) mass is 381 g/mol. The minimum absolute atomic E-state index is 0.328. The molecule has 3 heterocycles. The molecule has 0 unspecified atom stereocenters. The van der Waals surface area contributed by atoms with Gasteiger partial charge in [-0.3, -0.25) is 4.98 Å². The Kier molecular flexibility index (Phi) is 4.72. The molecular weight excluding hydrogens is 365 g/mol. The quantitative estimate of drug-likeness (QED) is 0.481. The third-order valence-electron chi connectivity index (χ3n) is 4.07. The third kappa shape index (κ3) is 3.61. The Bertz CT molecular complexity index is 1080. The van der Waals surface area contributed by atoms with Crippen molar-refractivity contribution in [2.24, 2.45) is 7.05 Å². The molecule has 0 saturated heterocycles. The predicted octanol–water partition coefficient (Wildman–Crippen LogP) is 4.27. The van der Waals surface area contributed by atoms with Gasteiger partial charge in [-0.2, -0.15) is 0 Å². The van der Waals surface area contributed by atoms with Crippen LogP contribution in [-0.4, -0.2) is 24.9 Å². The maximum absolute atomic E-state index is 14.0. The number of thioether (sulfide) groups is 1. The molecule has 6 nitrogen and oxygen atoms in total. The summed E-state index contributed by atoms with van der Waals surface area (Å²) in [6, 6.07) is 10.4. The molecule has 27 heavy (non-hydrogen) atoms. The number of benzene rings is 1. The molecule has 0 amide bonds. The number of aromatic nitrogens is 5. The first-order chi connectivity index (χ1) is 13.1. The maximum atomic E-state index is 14.0. The van der Waals surface area contributed by atoms with Crippen LogP contribution in [0.1, 0.15) is 11.3 Å². The van der Waals surface area contributed by atoms with E-state index in [0.29, 0.717) is 22.8 Å². The summed E-state index contributed by atoms with van der Waals surface area (Å²) in [6.45, 7) is 1.91. The molecular formula is C19H16FN5OS. The van der Waals surface area contributed by atoms with Gasteiger partial charge in [0.1, 0.15) is 5.82 Å². The molecule has 0 atom stereocenters. The average molecular weight is 381 g/mol. The Morgan fingerprint density at radius 1 is 1.11 bits per heavy atom. The highest BCUT2D eigenvalue weighted by atomic mass is 32.2. The van der Waals surface area contributed by atoms with Crippen LogP contribution >= 0.6 is 11.8 Å². The molecule has 0 N–H and O–H groups in total. The van der Waals surface area contributed by atoms with Gasteiger partial charge in [0.2, 0.25) is 0 Å². The molecule has 136 valence electrons. The van der Waals surface area contributed by atoms with Gasteiger partial charge in [-0.15, -0.1) is 10.2 Å². The molecule has 0 aliphatic heterocycles. The van der Waals surface area contributed by atoms with E-state index in [1.807, 2.05) is 30.7 Å². The van der Waals surface area contributed by atoms with Crippen LogP contribution in [0.4, 0.5) is 4.39 Å². The van der Waals surface area contributed by atoms with Crippen molar-refractivity contribution in [1.82, 2.24) is 24.9 Å². The van der Waals surface area contributed by atoms with Gasteiger partial charge in [0.15, 0.2) is 16.7 Å². The molecule has 1 aromatic carbocycles. The summed E-state index contributed by atoms with van der Waals surface area (Å²) in [5.41, 5.74) is 3.04. The van der Waals surface area contributed by atoms with E-state index in [2.05, 4.69) is 20.3 Å². The van der Waals surface area contributed by atoms with Gasteiger partial charge in [-0.05, 0) is 31.2 Å². The molecule has 4 aromatic rings. The smallest absolute Gasteiger partial charge is 0.191 e. The van der Waals surface area contributed by atoms with E-state index in [4.69, 9.17) is 4.52 Å². The van der Waals surface area contributed by atoms with Crippen molar-refractivity contribution in [1.29, 1.82) is 0 Å². The molecule has 0 aliphatic rings. The molecule has 0 bridgehead atoms. The molecule has 0 saturated carbocycles. The van der Waals surface area contributed by atoms with E-state index in [9.17, 15) is 4.39 Å². The van der Waals surface area contributed by atoms with Gasteiger partial charge in [0, 0.05) is 36.8 Å². The van der Waals surface area contributed by atoms with E-state index in [1.54, 1.807) is 30.6 Å². The summed E-state index contributed by atoms with van der Waals surface area (Å²) in [6.07, 6.45) is 3.44. The molecule has 0 fully saturated rings. The van der Waals surface area contributed by atoms with E-state index in [0.717, 1.165) is 22.1 Å². The number of hydrogen-bond acceptors (Lipinski definition) is 6. The standard InChI is InChI=1S/C19H16FN5OS/c1-12-3-4-16(20)15(9-12)17-10-14(24-26-17)11-27-19-23-22-18(25(19)2)13-5-7-21-8-6-13/h3-10H,11H2,1-2H3. The van der Waals surface area contributed by atoms with Gasteiger partial charge < -0.3 is 9.09 Å². The summed E-state index contributed by atoms with van der Waals surface area (Å²) >= 11 is 1.49. The molecule has 4 rings (SSSR count). The molecule has 0 aliphatic carbocycles. The number of nitrogens with zero attached hydrogens (tertiary/aromatic N) is 5. The third-order valence-corrected chi connectivity index (χ3v) is 5.12. The van der Waals surface area contributed by atoms with Crippen molar-refractivity contribution < 1.29 is 8.91 Å². The lowest BCUT2D eigenvalue weighted by Gasteiger charge is -2.02. The fourth-order valence-electron chi connectivity index (χ4n) is 2.67. The van der Waals surface area contributed by atoms with Gasteiger partial charge >= 0.3 is 0 Å². The Labute approximate surface area is 159 Å². The van der Waals surface area contributed by atoms with Crippen molar-refractivity contribution in [3.8, 4) is 22.7 Å². The normalized spacial score (nSPS) is 11.1. The van der Waals surface area contributed by atoms with Crippen LogP contribution in [0.25, 0.3) is 22.7 Å². The van der Waals surface area contributed by atoms with Crippen molar-refractivity contribution in [2.75, 3.05) is 0 Å². The lowest BCUT2D eigenvalue weighted by atomic mass is 10.1. The average Bonchev–Trinajstić information content (AvgIpc) is 3.29. The summed E-state index contributed by atoms with van der Waals surface area (Å²) < 4.78 is 21.3. The van der Waals surface area contributed by atoms with Crippen molar-refractivity contribution >= 4 is 11.8 Å². The van der Waals surface area contributed by atoms with Crippen molar-refractivity contribution in [3.63, 3.8) is 0 Å². The summed E-state index contributed by atoms with van der Waals surface area (Å²) in [5.74, 6) is 1.40. The minimum Gasteiger partial charge on any atom is -0.356 e. The number of rotatable bonds is 5. The predicted molar refractivity (Wildman–Crippen MR) is 100 cm³/mol. The first-order valence-corrected chi connectivity index (χ1v) is 9.25. The highest BCUT2D eigenvalue weighted by Crippen LogP contribution is 2.28. The zero-order chi connectivity index (χ0) is 18.8. The largest absolute Gasteiger partial charge is 0.356 e. The molecule has 0 spiro atoms. The second kappa shape index (κ2) is 7.32. The van der Waals surface area contributed by atoms with Gasteiger partial charge in [0.05, 0.1) is 11.3 Å². The van der Waals surface area contributed by atoms with Crippen LogP contribution in [0.5, 0.6) is 0 Å². The first-order valence-electron chi connectivity index (χ1n) is 8.26. The molecule has 0 radical (unpaired) electrons. The van der Waals surface area contributed by atoms with Crippen LogP contribution in [0.3, 0.4) is 0 Å². The van der Waals surface area contributed by atoms with Crippen molar-refractivity contribution in [2.45, 2.75) is 17.8 Å². The number of aryl methyl sites for hydroxylation is 1. The van der Waals surface area contributed by atoms with Gasteiger partial charge in [0.25, 0.3) is 0 Å². The van der Waals surface area contributed by atoms with E-state index in [-0.39, 0.29) is 5.82 Å². The summed E-state index contributed by atoms with van der Waals surface area (Å²) in [5, 5.41) is 13.3. The zero-order valence-electron chi connectivity index (χ0n) is 14.8. The first kappa shape index (κ1) is 17.4. The van der Waals surface area contributed by atoms with Crippen LogP contribution in [0, 0.1) is 12.7 Å². The molecule has 3 aromatic heterocycles. The Morgan fingerprint density at radius 2 is 1.93 bits per heavy atom. The summed E-state index contributed by atoms with van der Waals surface area (Å²) in [4.78, 5) is 4.01. The Morgan fingerprint density at radius 3 is 2.74 bits per heavy atom. The fourth-order valence-corrected chi connectivity index (χ4v) is 3.46. The highest BCUT2D eigenvalue weighted by Gasteiger charge is 2.14. The second-order valence-corrected chi connectivity index (χ2v) is 7.00. The number of halogens is 1. The highest BCUT2D eigenvalue weighted by molar-refractivity contribution is 7.98. The van der Waals surface area contributed by atoms with E-state index < -0.39 is 0 Å². The number of hydrogen-bond donors (Lipinski definition) is 0. The van der Waals surface area contributed by atoms with Crippen LogP contribution in [0.15, 0.2) is 58.5 Å². The topological polar surface area (TPSA) is 69.6 Å². The molecule has 8 heteroatoms. The lowest BCUT2D eigenvalue weighted by Crippen LogP contribution is -1.95. The lowest BCUT2D eigenvalue weighted by molar-refractivity contribution is 0.424. The van der Waals surface area contributed by atoms with Gasteiger partial charge in [-0.1, -0.05) is 28.5 Å². The van der Waals surface area contributed by atoms with E-state index in [1.165, 1.54) is 17.8 Å². The number of pyridine rings is 1. The van der Waals surface area contributed by atoms with Crippen LogP contribution < -0.4 is 0 Å².